The summed E-state index contributed by atoms with van der Waals surface area (Å²) in [4.78, 5) is 30.4. The van der Waals surface area contributed by atoms with Gasteiger partial charge in [-0.1, -0.05) is 42.2 Å². The molecular weight excluding hydrogens is 422 g/mol. The van der Waals surface area contributed by atoms with Gasteiger partial charge in [0, 0.05) is 42.5 Å². The zero-order chi connectivity index (χ0) is 22.1. The predicted molar refractivity (Wildman–Crippen MR) is 126 cm³/mol. The Labute approximate surface area is 191 Å². The van der Waals surface area contributed by atoms with Gasteiger partial charge in [-0.3, -0.25) is 9.59 Å². The van der Waals surface area contributed by atoms with Crippen LogP contribution in [0.5, 0.6) is 0 Å². The highest BCUT2D eigenvalue weighted by molar-refractivity contribution is 7.15. The summed E-state index contributed by atoms with van der Waals surface area (Å²) >= 11 is 1.48. The van der Waals surface area contributed by atoms with Crippen molar-refractivity contribution >= 4 is 39.2 Å². The molecular formula is C24H29N5O2S. The Balaban J connectivity index is 1.17. The van der Waals surface area contributed by atoms with Crippen LogP contribution in [0.4, 0.5) is 5.13 Å². The lowest BCUT2D eigenvalue weighted by molar-refractivity contribution is -0.128. The Morgan fingerprint density at radius 2 is 2.09 bits per heavy atom. The molecule has 2 aliphatic rings. The number of carbonyl (C=O) groups is 2. The number of fused-ring (bicyclic) bond motifs is 1. The highest BCUT2D eigenvalue weighted by atomic mass is 32.1. The van der Waals surface area contributed by atoms with Crippen molar-refractivity contribution < 1.29 is 9.59 Å². The van der Waals surface area contributed by atoms with Gasteiger partial charge in [-0.2, -0.15) is 0 Å². The number of likely N-dealkylation sites (tertiary alicyclic amines) is 1. The maximum atomic E-state index is 12.8. The molecule has 5 rings (SSSR count). The second-order valence-corrected chi connectivity index (χ2v) is 10.1. The van der Waals surface area contributed by atoms with Crippen LogP contribution in [0, 0.1) is 12.8 Å². The number of aromatic amines is 1. The third kappa shape index (κ3) is 4.41. The van der Waals surface area contributed by atoms with Crippen LogP contribution in [0.15, 0.2) is 24.4 Å². The maximum Gasteiger partial charge on any atom is 0.231 e. The van der Waals surface area contributed by atoms with Crippen LogP contribution < -0.4 is 5.32 Å². The quantitative estimate of drug-likeness (QED) is 0.581. The summed E-state index contributed by atoms with van der Waals surface area (Å²) in [6.07, 6.45) is 9.14. The summed E-state index contributed by atoms with van der Waals surface area (Å²) in [6.45, 7) is 3.16. The number of nitrogens with one attached hydrogen (secondary N) is 2. The second-order valence-electron chi connectivity index (χ2n) is 9.12. The first-order valence-corrected chi connectivity index (χ1v) is 12.4. The molecule has 168 valence electrons. The number of benzene rings is 1. The van der Waals surface area contributed by atoms with Crippen LogP contribution in [0.25, 0.3) is 10.9 Å². The van der Waals surface area contributed by atoms with Gasteiger partial charge < -0.3 is 15.2 Å². The molecule has 8 heteroatoms. The Bertz CT molecular complexity index is 1130. The first-order valence-electron chi connectivity index (χ1n) is 11.6. The first-order chi connectivity index (χ1) is 15.6. The lowest BCUT2D eigenvalue weighted by Gasteiger charge is -2.18. The summed E-state index contributed by atoms with van der Waals surface area (Å²) < 4.78 is 0. The van der Waals surface area contributed by atoms with E-state index in [2.05, 4.69) is 45.6 Å². The van der Waals surface area contributed by atoms with Crippen molar-refractivity contribution in [2.45, 2.75) is 57.8 Å². The topological polar surface area (TPSA) is 91.0 Å². The Morgan fingerprint density at radius 3 is 2.94 bits per heavy atom. The van der Waals surface area contributed by atoms with Crippen LogP contribution in [0.2, 0.25) is 0 Å². The van der Waals surface area contributed by atoms with E-state index < -0.39 is 0 Å². The lowest BCUT2D eigenvalue weighted by Crippen LogP contribution is -2.30. The highest BCUT2D eigenvalue weighted by Crippen LogP contribution is 2.35. The number of anilines is 1. The molecule has 0 bridgehead atoms. The fourth-order valence-corrected chi connectivity index (χ4v) is 5.84. The minimum absolute atomic E-state index is 0.0429. The molecule has 1 atom stereocenters. The molecule has 1 aromatic carbocycles. The number of hydrogen-bond acceptors (Lipinski definition) is 5. The van der Waals surface area contributed by atoms with Crippen LogP contribution >= 0.6 is 11.3 Å². The molecule has 7 nitrogen and oxygen atoms in total. The van der Waals surface area contributed by atoms with Gasteiger partial charge in [0.05, 0.1) is 5.92 Å². The molecule has 2 amide bonds. The minimum atomic E-state index is -0.338. The standard InChI is InChI=1S/C24H29N5O2S/c1-15-7-8-20-19(11-15)17(13-25-20)9-10-29-14-18(12-21(29)30)22(31)26-24-28-27-23(32-24)16-5-3-2-4-6-16/h7-8,11,13,16,18,25H,2-6,9-10,12,14H2,1H3,(H,26,28,31). The molecule has 3 heterocycles. The van der Waals surface area contributed by atoms with E-state index in [4.69, 9.17) is 0 Å². The monoisotopic (exact) mass is 451 g/mol. The minimum Gasteiger partial charge on any atom is -0.361 e. The number of carbonyl (C=O) groups excluding carboxylic acids is 2. The smallest absolute Gasteiger partial charge is 0.231 e. The van der Waals surface area contributed by atoms with Gasteiger partial charge in [-0.15, -0.1) is 10.2 Å². The zero-order valence-electron chi connectivity index (χ0n) is 18.4. The van der Waals surface area contributed by atoms with Gasteiger partial charge in [-0.05, 0) is 43.9 Å². The highest BCUT2D eigenvalue weighted by Gasteiger charge is 2.34. The summed E-state index contributed by atoms with van der Waals surface area (Å²) in [6, 6.07) is 6.35. The van der Waals surface area contributed by atoms with E-state index in [1.165, 1.54) is 47.1 Å². The van der Waals surface area contributed by atoms with Gasteiger partial charge in [0.15, 0.2) is 0 Å². The van der Waals surface area contributed by atoms with Crippen molar-refractivity contribution in [1.29, 1.82) is 0 Å². The Hall–Kier alpha value is -2.74. The van der Waals surface area contributed by atoms with E-state index >= 15 is 0 Å². The molecule has 2 N–H and O–H groups in total. The first kappa shape index (κ1) is 21.1. The fourth-order valence-electron chi connectivity index (χ4n) is 4.93. The molecule has 0 radical (unpaired) electrons. The van der Waals surface area contributed by atoms with E-state index in [-0.39, 0.29) is 24.2 Å². The summed E-state index contributed by atoms with van der Waals surface area (Å²) in [7, 11) is 0. The Morgan fingerprint density at radius 1 is 1.25 bits per heavy atom. The fraction of sp³-hybridized carbons (Fsp3) is 0.500. The van der Waals surface area contributed by atoms with Crippen molar-refractivity contribution in [2.24, 2.45) is 5.92 Å². The third-order valence-corrected chi connectivity index (χ3v) is 7.79. The van der Waals surface area contributed by atoms with E-state index in [1.54, 1.807) is 0 Å². The largest absolute Gasteiger partial charge is 0.361 e. The molecule has 2 fully saturated rings. The van der Waals surface area contributed by atoms with Gasteiger partial charge in [-0.25, -0.2) is 0 Å². The number of rotatable bonds is 6. The lowest BCUT2D eigenvalue weighted by atomic mass is 9.90. The summed E-state index contributed by atoms with van der Waals surface area (Å²) in [5.41, 5.74) is 3.53. The SMILES string of the molecule is Cc1ccc2[nH]cc(CCN3CC(C(=O)Nc4nnc(C5CCCCC5)s4)CC3=O)c2c1. The van der Waals surface area contributed by atoms with Gasteiger partial charge in [0.25, 0.3) is 0 Å². The molecule has 1 saturated heterocycles. The van der Waals surface area contributed by atoms with Crippen molar-refractivity contribution in [1.82, 2.24) is 20.1 Å². The zero-order valence-corrected chi connectivity index (χ0v) is 19.2. The predicted octanol–water partition coefficient (Wildman–Crippen LogP) is 4.41. The van der Waals surface area contributed by atoms with Crippen molar-refractivity contribution in [3.05, 3.63) is 40.5 Å². The number of hydrogen-bond donors (Lipinski definition) is 2. The third-order valence-electron chi connectivity index (χ3n) is 6.78. The number of H-pyrrole nitrogens is 1. The van der Waals surface area contributed by atoms with Gasteiger partial charge >= 0.3 is 0 Å². The van der Waals surface area contributed by atoms with E-state index in [9.17, 15) is 9.59 Å². The van der Waals surface area contributed by atoms with E-state index in [0.717, 1.165) is 29.8 Å². The summed E-state index contributed by atoms with van der Waals surface area (Å²) in [5.74, 6) is 0.0507. The van der Waals surface area contributed by atoms with Crippen molar-refractivity contribution in [3.8, 4) is 0 Å². The van der Waals surface area contributed by atoms with E-state index in [0.29, 0.717) is 24.1 Å². The molecule has 1 aliphatic heterocycles. The van der Waals surface area contributed by atoms with Gasteiger partial charge in [0.2, 0.25) is 16.9 Å². The molecule has 32 heavy (non-hydrogen) atoms. The molecule has 1 aliphatic carbocycles. The molecule has 1 saturated carbocycles. The van der Waals surface area contributed by atoms with E-state index in [1.807, 2.05) is 11.1 Å². The summed E-state index contributed by atoms with van der Waals surface area (Å²) in [5, 5.41) is 14.2. The van der Waals surface area contributed by atoms with Crippen LogP contribution in [-0.2, 0) is 16.0 Å². The Kier molecular flexibility index (Phi) is 5.95. The molecule has 2 aromatic heterocycles. The van der Waals surface area contributed by atoms with Crippen LogP contribution in [0.1, 0.15) is 60.6 Å². The number of nitrogens with zero attached hydrogens (tertiary/aromatic N) is 3. The van der Waals surface area contributed by atoms with Crippen molar-refractivity contribution in [2.75, 3.05) is 18.4 Å². The average Bonchev–Trinajstić information content (AvgIpc) is 3.52. The normalized spacial score (nSPS) is 19.7. The maximum absolute atomic E-state index is 12.8. The number of amides is 2. The van der Waals surface area contributed by atoms with Crippen LogP contribution in [0.3, 0.4) is 0 Å². The molecule has 1 unspecified atom stereocenters. The number of aromatic nitrogens is 3. The number of aryl methyl sites for hydroxylation is 1. The molecule has 3 aromatic rings. The van der Waals surface area contributed by atoms with Crippen molar-refractivity contribution in [3.63, 3.8) is 0 Å². The average molecular weight is 452 g/mol. The van der Waals surface area contributed by atoms with Gasteiger partial charge in [0.1, 0.15) is 5.01 Å². The molecule has 0 spiro atoms. The van der Waals surface area contributed by atoms with Crippen LogP contribution in [-0.4, -0.2) is 45.0 Å². The second kappa shape index (κ2) is 9.02.